The van der Waals surface area contributed by atoms with E-state index in [1.165, 1.54) is 23.9 Å². The number of aliphatic imine (C=N–C) groups is 1. The maximum atomic E-state index is 12.3. The third-order valence-corrected chi connectivity index (χ3v) is 5.57. The highest BCUT2D eigenvalue weighted by atomic mass is 32.2. The molecule has 1 aliphatic rings. The molecule has 3 aromatic carbocycles. The summed E-state index contributed by atoms with van der Waals surface area (Å²) in [5.41, 5.74) is 2.28. The lowest BCUT2D eigenvalue weighted by Crippen LogP contribution is -2.19. The topological polar surface area (TPSA) is 103 Å². The summed E-state index contributed by atoms with van der Waals surface area (Å²) < 4.78 is 10.9. The fourth-order valence-corrected chi connectivity index (χ4v) is 3.83. The van der Waals surface area contributed by atoms with Crippen LogP contribution in [0.15, 0.2) is 82.7 Å². The van der Waals surface area contributed by atoms with Crippen LogP contribution in [0.4, 0.5) is 11.4 Å². The minimum atomic E-state index is -0.434. The average Bonchev–Trinajstić information content (AvgIpc) is 3.17. The Balaban J connectivity index is 1.39. The largest absolute Gasteiger partial charge is 0.497 e. The number of nitrogens with zero attached hydrogens (tertiary/aromatic N) is 2. The number of ether oxygens (including phenoxy) is 2. The monoisotopic (exact) mass is 461 g/mol. The lowest BCUT2D eigenvalue weighted by molar-refractivity contribution is -0.384. The minimum absolute atomic E-state index is 0.0281. The number of amides is 1. The van der Waals surface area contributed by atoms with Gasteiger partial charge in [0.2, 0.25) is 0 Å². The van der Waals surface area contributed by atoms with Crippen LogP contribution in [0, 0.1) is 10.1 Å². The highest BCUT2D eigenvalue weighted by Gasteiger charge is 2.23. The number of nitrogens with one attached hydrogen (secondary N) is 1. The average molecular weight is 461 g/mol. The standard InChI is InChI=1S/C24H19N3O5S/c1-31-20-11-7-18(8-12-20)25-24-26-23(28)22(33-24)14-16-5-9-21(10-6-16)32-15-17-3-2-4-19(13-17)27(29)30/h2-14H,15H2,1H3,(H,25,26,28)/b22-14+. The van der Waals surface area contributed by atoms with Gasteiger partial charge in [0.1, 0.15) is 18.1 Å². The van der Waals surface area contributed by atoms with E-state index in [1.807, 2.05) is 24.3 Å². The molecule has 8 nitrogen and oxygen atoms in total. The van der Waals surface area contributed by atoms with Gasteiger partial charge in [0.05, 0.1) is 22.6 Å². The molecule has 0 aliphatic carbocycles. The van der Waals surface area contributed by atoms with Crippen molar-refractivity contribution in [2.45, 2.75) is 6.61 Å². The molecule has 3 aromatic rings. The molecule has 1 fully saturated rings. The quantitative estimate of drug-likeness (QED) is 0.299. The molecule has 9 heteroatoms. The van der Waals surface area contributed by atoms with Crippen molar-refractivity contribution in [1.29, 1.82) is 0 Å². The second-order valence-corrected chi connectivity index (χ2v) is 8.00. The summed E-state index contributed by atoms with van der Waals surface area (Å²) in [5.74, 6) is 1.15. The summed E-state index contributed by atoms with van der Waals surface area (Å²) in [6.07, 6.45) is 1.78. The van der Waals surface area contributed by atoms with Crippen molar-refractivity contribution < 1.29 is 19.2 Å². The third kappa shape index (κ3) is 5.78. The summed E-state index contributed by atoms with van der Waals surface area (Å²) in [4.78, 5) is 27.7. The Bertz CT molecular complexity index is 1240. The summed E-state index contributed by atoms with van der Waals surface area (Å²) in [6, 6.07) is 20.8. The zero-order valence-electron chi connectivity index (χ0n) is 17.6. The number of thioether (sulfide) groups is 1. The zero-order chi connectivity index (χ0) is 23.2. The first-order valence-corrected chi connectivity index (χ1v) is 10.7. The number of nitro benzene ring substituents is 1. The number of non-ortho nitro benzene ring substituents is 1. The van der Waals surface area contributed by atoms with Crippen LogP contribution in [0.3, 0.4) is 0 Å². The molecule has 0 bridgehead atoms. The maximum absolute atomic E-state index is 12.3. The normalized spacial score (nSPS) is 15.5. The van der Waals surface area contributed by atoms with Gasteiger partial charge in [0.15, 0.2) is 5.17 Å². The van der Waals surface area contributed by atoms with Crippen LogP contribution in [0.5, 0.6) is 11.5 Å². The smallest absolute Gasteiger partial charge is 0.269 e. The molecule has 1 saturated heterocycles. The summed E-state index contributed by atoms with van der Waals surface area (Å²) in [7, 11) is 1.60. The van der Waals surface area contributed by atoms with Gasteiger partial charge in [0.25, 0.3) is 11.6 Å². The lowest BCUT2D eigenvalue weighted by Gasteiger charge is -2.06. The van der Waals surface area contributed by atoms with E-state index < -0.39 is 4.92 Å². The molecular formula is C24H19N3O5S. The van der Waals surface area contributed by atoms with Gasteiger partial charge in [-0.1, -0.05) is 24.3 Å². The first-order chi connectivity index (χ1) is 16.0. The van der Waals surface area contributed by atoms with Crippen LogP contribution in [-0.4, -0.2) is 23.1 Å². The van der Waals surface area contributed by atoms with Gasteiger partial charge >= 0.3 is 0 Å². The van der Waals surface area contributed by atoms with Crippen molar-refractivity contribution >= 4 is 40.3 Å². The van der Waals surface area contributed by atoms with Crippen LogP contribution in [0.25, 0.3) is 6.08 Å². The Morgan fingerprint density at radius 1 is 1.06 bits per heavy atom. The molecule has 0 spiro atoms. The number of amidine groups is 1. The van der Waals surface area contributed by atoms with E-state index in [9.17, 15) is 14.9 Å². The molecule has 0 radical (unpaired) electrons. The number of hydrogen-bond donors (Lipinski definition) is 1. The Labute approximate surface area is 194 Å². The van der Waals surface area contributed by atoms with E-state index in [-0.39, 0.29) is 18.2 Å². The van der Waals surface area contributed by atoms with Crippen molar-refractivity contribution in [1.82, 2.24) is 5.32 Å². The Morgan fingerprint density at radius 3 is 2.48 bits per heavy atom. The summed E-state index contributed by atoms with van der Waals surface area (Å²) in [5, 5.41) is 14.2. The van der Waals surface area contributed by atoms with E-state index >= 15 is 0 Å². The number of carbonyl (C=O) groups is 1. The number of rotatable bonds is 7. The van der Waals surface area contributed by atoms with Crippen molar-refractivity contribution in [2.75, 3.05) is 7.11 Å². The van der Waals surface area contributed by atoms with E-state index in [2.05, 4.69) is 10.3 Å². The van der Waals surface area contributed by atoms with Gasteiger partial charge in [-0.15, -0.1) is 0 Å². The van der Waals surface area contributed by atoms with E-state index in [1.54, 1.807) is 49.6 Å². The van der Waals surface area contributed by atoms with E-state index in [0.717, 1.165) is 11.3 Å². The summed E-state index contributed by atoms with van der Waals surface area (Å²) in [6.45, 7) is 0.214. The van der Waals surface area contributed by atoms with Crippen LogP contribution in [0.2, 0.25) is 0 Å². The van der Waals surface area contributed by atoms with Crippen LogP contribution >= 0.6 is 11.8 Å². The molecular weight excluding hydrogens is 442 g/mol. The van der Waals surface area contributed by atoms with E-state index in [0.29, 0.717) is 27.1 Å². The molecule has 0 unspecified atom stereocenters. The SMILES string of the molecule is COc1ccc(N=C2NC(=O)/C(=C\c3ccc(OCc4cccc([N+](=O)[O-])c4)cc3)S2)cc1. The van der Waals surface area contributed by atoms with Crippen LogP contribution < -0.4 is 14.8 Å². The third-order valence-electron chi connectivity index (χ3n) is 4.66. The fourth-order valence-electron chi connectivity index (χ4n) is 2.99. The van der Waals surface area contributed by atoms with Gasteiger partial charge in [-0.05, 0) is 65.4 Å². The van der Waals surface area contributed by atoms with Crippen molar-refractivity contribution in [3.8, 4) is 11.5 Å². The molecule has 1 aliphatic heterocycles. The van der Waals surface area contributed by atoms with Gasteiger partial charge in [-0.25, -0.2) is 4.99 Å². The highest BCUT2D eigenvalue weighted by molar-refractivity contribution is 8.18. The highest BCUT2D eigenvalue weighted by Crippen LogP contribution is 2.29. The van der Waals surface area contributed by atoms with Crippen LogP contribution in [0.1, 0.15) is 11.1 Å². The van der Waals surface area contributed by atoms with Crippen molar-refractivity contribution in [3.05, 3.63) is 98.9 Å². The molecule has 1 N–H and O–H groups in total. The molecule has 166 valence electrons. The number of hydrogen-bond acceptors (Lipinski definition) is 7. The lowest BCUT2D eigenvalue weighted by atomic mass is 10.2. The molecule has 33 heavy (non-hydrogen) atoms. The second-order valence-electron chi connectivity index (χ2n) is 6.96. The predicted molar refractivity (Wildman–Crippen MR) is 128 cm³/mol. The van der Waals surface area contributed by atoms with E-state index in [4.69, 9.17) is 9.47 Å². The number of benzene rings is 3. The molecule has 1 amide bonds. The first-order valence-electron chi connectivity index (χ1n) is 9.90. The van der Waals surface area contributed by atoms with Crippen molar-refractivity contribution in [2.24, 2.45) is 4.99 Å². The second kappa shape index (κ2) is 10.0. The predicted octanol–water partition coefficient (Wildman–Crippen LogP) is 5.07. The Kier molecular flexibility index (Phi) is 6.70. The van der Waals surface area contributed by atoms with Gasteiger partial charge in [0, 0.05) is 12.1 Å². The van der Waals surface area contributed by atoms with Gasteiger partial charge in [-0.3, -0.25) is 14.9 Å². The minimum Gasteiger partial charge on any atom is -0.497 e. The van der Waals surface area contributed by atoms with Gasteiger partial charge in [-0.2, -0.15) is 0 Å². The molecule has 1 heterocycles. The molecule has 0 saturated carbocycles. The molecule has 0 atom stereocenters. The summed E-state index contributed by atoms with van der Waals surface area (Å²) >= 11 is 1.27. The molecule has 4 rings (SSSR count). The van der Waals surface area contributed by atoms with Gasteiger partial charge < -0.3 is 14.8 Å². The number of carbonyl (C=O) groups excluding carboxylic acids is 1. The van der Waals surface area contributed by atoms with Crippen LogP contribution in [-0.2, 0) is 11.4 Å². The Hall–Kier alpha value is -4.11. The fraction of sp³-hybridized carbons (Fsp3) is 0.0833. The molecule has 0 aromatic heterocycles. The maximum Gasteiger partial charge on any atom is 0.269 e. The van der Waals surface area contributed by atoms with Crippen molar-refractivity contribution in [3.63, 3.8) is 0 Å². The Morgan fingerprint density at radius 2 is 1.79 bits per heavy atom. The zero-order valence-corrected chi connectivity index (χ0v) is 18.4. The first kappa shape index (κ1) is 22.1. The number of nitro groups is 1. The number of methoxy groups -OCH3 is 1.